The van der Waals surface area contributed by atoms with E-state index in [9.17, 15) is 27.6 Å². The average molecular weight is 474 g/mol. The Balaban J connectivity index is 2.65. The smallest absolute Gasteiger partial charge is 0.416 e. The van der Waals surface area contributed by atoms with Gasteiger partial charge in [-0.2, -0.15) is 18.4 Å². The van der Waals surface area contributed by atoms with Crippen LogP contribution in [0.25, 0.3) is 0 Å². The summed E-state index contributed by atoms with van der Waals surface area (Å²) in [5, 5.41) is 12.9. The maximum atomic E-state index is 13.9. The number of hydrogen-bond acceptors (Lipinski definition) is 4. The number of nitriles is 1. The molecule has 4 nitrogen and oxygen atoms in total. The first-order valence-electron chi connectivity index (χ1n) is 10.5. The van der Waals surface area contributed by atoms with E-state index in [1.165, 1.54) is 13.8 Å². The van der Waals surface area contributed by atoms with Gasteiger partial charge in [0.2, 0.25) is 0 Å². The molecule has 1 aromatic carbocycles. The zero-order valence-corrected chi connectivity index (χ0v) is 19.4. The highest BCUT2D eigenvalue weighted by atomic mass is 19.4. The van der Waals surface area contributed by atoms with Crippen molar-refractivity contribution in [3.63, 3.8) is 0 Å². The van der Waals surface area contributed by atoms with Gasteiger partial charge in [-0.3, -0.25) is 0 Å². The number of halogens is 4. The highest BCUT2D eigenvalue weighted by molar-refractivity contribution is 5.91. The lowest BCUT2D eigenvalue weighted by molar-refractivity contribution is -0.136. The van der Waals surface area contributed by atoms with Crippen molar-refractivity contribution in [2.75, 3.05) is 7.11 Å². The van der Waals surface area contributed by atoms with Gasteiger partial charge in [0.15, 0.2) is 0 Å². The predicted octanol–water partition coefficient (Wildman–Crippen LogP) is 6.29. The number of nitrogens with zero attached hydrogens (tertiary/aromatic N) is 1. The molecule has 180 valence electrons. The molecule has 0 radical (unpaired) electrons. The number of benzene rings is 1. The molecule has 1 aliphatic heterocycles. The summed E-state index contributed by atoms with van der Waals surface area (Å²) in [6, 6.07) is 9.62. The van der Waals surface area contributed by atoms with Gasteiger partial charge in [0, 0.05) is 23.7 Å². The molecule has 0 aliphatic carbocycles. The first-order valence-corrected chi connectivity index (χ1v) is 10.5. The summed E-state index contributed by atoms with van der Waals surface area (Å²) in [7, 11) is 1.11. The van der Waals surface area contributed by atoms with Crippen LogP contribution in [0.4, 0.5) is 17.6 Å². The average Bonchev–Trinajstić information content (AvgIpc) is 2.92. The van der Waals surface area contributed by atoms with Gasteiger partial charge in [0.05, 0.1) is 29.9 Å². The van der Waals surface area contributed by atoms with Crippen molar-refractivity contribution in [3.05, 3.63) is 93.6 Å². The van der Waals surface area contributed by atoms with Crippen LogP contribution in [0, 0.1) is 24.2 Å². The van der Waals surface area contributed by atoms with Crippen molar-refractivity contribution in [2.24, 2.45) is 5.92 Å². The Kier molecular flexibility index (Phi) is 8.63. The second kappa shape index (κ2) is 11.0. The van der Waals surface area contributed by atoms with Gasteiger partial charge in [-0.25, -0.2) is 9.18 Å². The standard InChI is InChI=1S/C26H26F4N2O2/c1-6-20(27)13-22(26(28,29)30)16(3)21-12-19(14-31)23(11-18-9-7-15(2)8-10-18)32-17(4)24(21)25(33)34-5/h6-10,13,21,32H,3,11-12H2,1-2,4-5H3/b20-6+,22-13+. The van der Waals surface area contributed by atoms with Crippen molar-refractivity contribution in [1.29, 1.82) is 5.26 Å². The Morgan fingerprint density at radius 3 is 2.41 bits per heavy atom. The third-order valence-corrected chi connectivity index (χ3v) is 5.54. The normalized spacial score (nSPS) is 17.7. The number of methoxy groups -OCH3 is 1. The van der Waals surface area contributed by atoms with Gasteiger partial charge in [0.1, 0.15) is 5.83 Å². The van der Waals surface area contributed by atoms with Crippen molar-refractivity contribution >= 4 is 5.97 Å². The third kappa shape index (κ3) is 6.25. The SMILES string of the molecule is C=C(/C(=C\C(F)=C/C)C(F)(F)F)C1CC(C#N)=C(Cc2ccc(C)cc2)NC(C)=C1C(=O)OC. The second-order valence-corrected chi connectivity index (χ2v) is 7.90. The molecule has 0 bridgehead atoms. The van der Waals surface area contributed by atoms with Gasteiger partial charge in [-0.05, 0) is 44.4 Å². The van der Waals surface area contributed by atoms with Crippen molar-refractivity contribution < 1.29 is 27.1 Å². The number of hydrogen-bond donors (Lipinski definition) is 1. The number of rotatable bonds is 6. The van der Waals surface area contributed by atoms with Gasteiger partial charge < -0.3 is 10.1 Å². The molecule has 34 heavy (non-hydrogen) atoms. The van der Waals surface area contributed by atoms with E-state index in [4.69, 9.17) is 4.74 Å². The fourth-order valence-corrected chi connectivity index (χ4v) is 3.70. The molecular weight excluding hydrogens is 448 g/mol. The lowest BCUT2D eigenvalue weighted by Crippen LogP contribution is -2.25. The minimum Gasteiger partial charge on any atom is -0.466 e. The van der Waals surface area contributed by atoms with E-state index in [0.717, 1.165) is 24.3 Å². The number of ether oxygens (including phenoxy) is 1. The first kappa shape index (κ1) is 26.7. The molecule has 8 heteroatoms. The molecule has 1 aromatic rings. The minimum absolute atomic E-state index is 0.102. The van der Waals surface area contributed by atoms with E-state index in [-0.39, 0.29) is 23.3 Å². The molecule has 0 spiro atoms. The fourth-order valence-electron chi connectivity index (χ4n) is 3.70. The molecule has 1 aliphatic rings. The Morgan fingerprint density at radius 2 is 1.91 bits per heavy atom. The molecule has 0 saturated heterocycles. The van der Waals surface area contributed by atoms with Crippen LogP contribution >= 0.6 is 0 Å². The Labute approximate surface area is 196 Å². The largest absolute Gasteiger partial charge is 0.466 e. The summed E-state index contributed by atoms with van der Waals surface area (Å²) < 4.78 is 60.3. The predicted molar refractivity (Wildman–Crippen MR) is 122 cm³/mol. The second-order valence-electron chi connectivity index (χ2n) is 7.90. The van der Waals surface area contributed by atoms with Crippen LogP contribution in [0.1, 0.15) is 31.4 Å². The van der Waals surface area contributed by atoms with E-state index in [2.05, 4.69) is 11.9 Å². The van der Waals surface area contributed by atoms with Gasteiger partial charge >= 0.3 is 12.1 Å². The topological polar surface area (TPSA) is 62.1 Å². The van der Waals surface area contributed by atoms with E-state index >= 15 is 0 Å². The number of aryl methyl sites for hydroxylation is 1. The first-order chi connectivity index (χ1) is 15.9. The maximum Gasteiger partial charge on any atom is 0.416 e. The molecule has 2 rings (SSSR count). The van der Waals surface area contributed by atoms with Gasteiger partial charge in [-0.1, -0.05) is 42.5 Å². The highest BCUT2D eigenvalue weighted by Crippen LogP contribution is 2.42. The molecule has 1 N–H and O–H groups in total. The molecule has 0 aromatic heterocycles. The lowest BCUT2D eigenvalue weighted by atomic mass is 9.81. The molecule has 1 atom stereocenters. The van der Waals surface area contributed by atoms with Crippen LogP contribution in [0.2, 0.25) is 0 Å². The highest BCUT2D eigenvalue weighted by Gasteiger charge is 2.41. The van der Waals surface area contributed by atoms with Crippen LogP contribution in [0.5, 0.6) is 0 Å². The quantitative estimate of drug-likeness (QED) is 0.299. The van der Waals surface area contributed by atoms with Crippen LogP contribution in [-0.2, 0) is 16.0 Å². The lowest BCUT2D eigenvalue weighted by Gasteiger charge is -2.24. The summed E-state index contributed by atoms with van der Waals surface area (Å²) in [5.41, 5.74) is 0.824. The Morgan fingerprint density at radius 1 is 1.29 bits per heavy atom. The van der Waals surface area contributed by atoms with Crippen LogP contribution in [0.3, 0.4) is 0 Å². The van der Waals surface area contributed by atoms with Crippen molar-refractivity contribution in [3.8, 4) is 6.07 Å². The maximum absolute atomic E-state index is 13.9. The van der Waals surface area contributed by atoms with Crippen LogP contribution < -0.4 is 5.32 Å². The number of esters is 1. The van der Waals surface area contributed by atoms with E-state index in [0.29, 0.717) is 18.2 Å². The Bertz CT molecular complexity index is 1130. The molecule has 0 saturated carbocycles. The summed E-state index contributed by atoms with van der Waals surface area (Å²) >= 11 is 0. The third-order valence-electron chi connectivity index (χ3n) is 5.54. The molecule has 0 fully saturated rings. The summed E-state index contributed by atoms with van der Waals surface area (Å²) in [6.07, 6.45) is -3.66. The van der Waals surface area contributed by atoms with E-state index < -0.39 is 35.0 Å². The number of nitrogens with one attached hydrogen (secondary N) is 1. The zero-order chi connectivity index (χ0) is 25.6. The zero-order valence-electron chi connectivity index (χ0n) is 19.4. The summed E-state index contributed by atoms with van der Waals surface area (Å²) in [4.78, 5) is 12.6. The summed E-state index contributed by atoms with van der Waals surface area (Å²) in [5.74, 6) is -3.22. The number of carbonyl (C=O) groups is 1. The minimum atomic E-state index is -4.94. The fraction of sp³-hybridized carbons (Fsp3) is 0.308. The van der Waals surface area contributed by atoms with Crippen LogP contribution in [0.15, 0.2) is 82.5 Å². The van der Waals surface area contributed by atoms with E-state index in [1.54, 1.807) is 0 Å². The summed E-state index contributed by atoms with van der Waals surface area (Å²) in [6.45, 7) is 8.29. The number of alkyl halides is 3. The van der Waals surface area contributed by atoms with Crippen molar-refractivity contribution in [2.45, 2.75) is 39.8 Å². The molecule has 1 heterocycles. The van der Waals surface area contributed by atoms with E-state index in [1.807, 2.05) is 37.3 Å². The van der Waals surface area contributed by atoms with Gasteiger partial charge in [-0.15, -0.1) is 0 Å². The number of carbonyl (C=O) groups excluding carboxylic acids is 1. The Hall–Kier alpha value is -3.60. The number of allylic oxidation sites excluding steroid dienone is 8. The molecule has 1 unspecified atom stereocenters. The van der Waals surface area contributed by atoms with Crippen LogP contribution in [-0.4, -0.2) is 19.3 Å². The molecule has 0 amide bonds. The van der Waals surface area contributed by atoms with Crippen molar-refractivity contribution in [1.82, 2.24) is 5.32 Å². The monoisotopic (exact) mass is 474 g/mol. The molecular formula is C26H26F4N2O2. The van der Waals surface area contributed by atoms with Gasteiger partial charge in [0.25, 0.3) is 0 Å².